The Morgan fingerprint density at radius 1 is 1.48 bits per heavy atom. The first-order valence-electron chi connectivity index (χ1n) is 7.49. The third-order valence-electron chi connectivity index (χ3n) is 3.02. The van der Waals surface area contributed by atoms with E-state index in [-0.39, 0.29) is 6.04 Å². The summed E-state index contributed by atoms with van der Waals surface area (Å²) in [5.41, 5.74) is 0.473. The van der Waals surface area contributed by atoms with E-state index in [1.807, 2.05) is 43.7 Å². The first-order valence-corrected chi connectivity index (χ1v) is 8.37. The van der Waals surface area contributed by atoms with Crippen molar-refractivity contribution in [2.24, 2.45) is 0 Å². The van der Waals surface area contributed by atoms with Gasteiger partial charge in [0, 0.05) is 30.7 Å². The maximum Gasteiger partial charge on any atom is 0.407 e. The number of hydrogen-bond donors (Lipinski definition) is 2. The second kappa shape index (κ2) is 7.18. The van der Waals surface area contributed by atoms with Gasteiger partial charge in [0.2, 0.25) is 5.88 Å². The highest BCUT2D eigenvalue weighted by molar-refractivity contribution is 7.15. The van der Waals surface area contributed by atoms with Crippen molar-refractivity contribution in [3.8, 4) is 5.88 Å². The first-order chi connectivity index (χ1) is 10.8. The molecule has 2 heterocycles. The Kier molecular flexibility index (Phi) is 5.48. The molecule has 128 valence electrons. The third-order valence-corrected chi connectivity index (χ3v) is 3.78. The van der Waals surface area contributed by atoms with Crippen LogP contribution < -0.4 is 15.4 Å². The topological polar surface area (TPSA) is 76.9 Å². The van der Waals surface area contributed by atoms with Gasteiger partial charge in [-0.2, -0.15) is 4.98 Å². The average molecular weight is 340 g/mol. The van der Waals surface area contributed by atoms with E-state index in [0.717, 1.165) is 10.7 Å². The first kappa shape index (κ1) is 17.6. The van der Waals surface area contributed by atoms with E-state index in [0.29, 0.717) is 19.0 Å². The fraction of sp³-hybridized carbons (Fsp3) is 0.600. The van der Waals surface area contributed by atoms with Gasteiger partial charge in [0.15, 0.2) is 4.96 Å². The number of nitrogens with one attached hydrogen (secondary N) is 2. The van der Waals surface area contributed by atoms with Gasteiger partial charge in [0.25, 0.3) is 0 Å². The Morgan fingerprint density at radius 2 is 2.22 bits per heavy atom. The summed E-state index contributed by atoms with van der Waals surface area (Å²) in [6.07, 6.45) is 1.56. The number of hydrogen-bond acceptors (Lipinski definition) is 6. The number of nitrogens with zero attached hydrogens (tertiary/aromatic N) is 2. The monoisotopic (exact) mass is 340 g/mol. The molecule has 7 nitrogen and oxygen atoms in total. The van der Waals surface area contributed by atoms with Crippen LogP contribution >= 0.6 is 11.3 Å². The molecule has 1 amide bonds. The molecule has 0 radical (unpaired) electrons. The lowest BCUT2D eigenvalue weighted by Crippen LogP contribution is -2.42. The highest BCUT2D eigenvalue weighted by Gasteiger charge is 2.18. The number of carbonyl (C=O) groups excluding carboxylic acids is 1. The summed E-state index contributed by atoms with van der Waals surface area (Å²) in [4.78, 5) is 17.0. The highest BCUT2D eigenvalue weighted by Crippen LogP contribution is 2.22. The number of aromatic nitrogens is 2. The van der Waals surface area contributed by atoms with E-state index in [4.69, 9.17) is 9.47 Å². The van der Waals surface area contributed by atoms with E-state index in [9.17, 15) is 4.79 Å². The molecule has 2 rings (SSSR count). The molecule has 2 aromatic rings. The zero-order valence-corrected chi connectivity index (χ0v) is 15.0. The van der Waals surface area contributed by atoms with Crippen molar-refractivity contribution in [2.45, 2.75) is 45.9 Å². The molecule has 23 heavy (non-hydrogen) atoms. The summed E-state index contributed by atoms with van der Waals surface area (Å²) in [7, 11) is 1.61. The van der Waals surface area contributed by atoms with Gasteiger partial charge >= 0.3 is 6.09 Å². The molecule has 8 heteroatoms. The van der Waals surface area contributed by atoms with Crippen LogP contribution in [-0.4, -0.2) is 40.8 Å². The quantitative estimate of drug-likeness (QED) is 0.844. The zero-order valence-electron chi connectivity index (χ0n) is 14.2. The summed E-state index contributed by atoms with van der Waals surface area (Å²) >= 11 is 1.56. The molecule has 0 aliphatic heterocycles. The van der Waals surface area contributed by atoms with Gasteiger partial charge < -0.3 is 20.1 Å². The van der Waals surface area contributed by atoms with Crippen LogP contribution in [0.15, 0.2) is 11.6 Å². The molecule has 1 unspecified atom stereocenters. The standard InChI is InChI=1S/C15H24N4O3S/c1-10(17-14(20)22-15(2,3)4)8-16-9-11-12(21-5)18-13-19(11)6-7-23-13/h6-7,10,16H,8-9H2,1-5H3,(H,17,20). The normalized spacial score (nSPS) is 13.1. The molecule has 0 fully saturated rings. The van der Waals surface area contributed by atoms with Crippen LogP contribution in [0.4, 0.5) is 4.79 Å². The van der Waals surface area contributed by atoms with Gasteiger partial charge in [-0.15, -0.1) is 11.3 Å². The molecule has 0 saturated heterocycles. The Morgan fingerprint density at radius 3 is 2.87 bits per heavy atom. The summed E-state index contributed by atoms with van der Waals surface area (Å²) in [6, 6.07) is -0.0540. The van der Waals surface area contributed by atoms with Crippen molar-refractivity contribution < 1.29 is 14.3 Å². The number of rotatable bonds is 6. The number of ether oxygens (including phenoxy) is 2. The number of imidazole rings is 1. The van der Waals surface area contributed by atoms with Gasteiger partial charge in [-0.25, -0.2) is 4.79 Å². The van der Waals surface area contributed by atoms with Crippen LogP contribution in [0, 0.1) is 0 Å². The molecule has 2 N–H and O–H groups in total. The molecule has 0 spiro atoms. The number of fused-ring (bicyclic) bond motifs is 1. The van der Waals surface area contributed by atoms with E-state index in [1.54, 1.807) is 18.4 Å². The third kappa shape index (κ3) is 4.84. The molecule has 0 aliphatic carbocycles. The molecule has 0 bridgehead atoms. The SMILES string of the molecule is COc1nc2sccn2c1CNCC(C)NC(=O)OC(C)(C)C. The maximum absolute atomic E-state index is 11.7. The fourth-order valence-electron chi connectivity index (χ4n) is 2.10. The van der Waals surface area contributed by atoms with Crippen molar-refractivity contribution in [1.29, 1.82) is 0 Å². The van der Waals surface area contributed by atoms with Gasteiger partial charge in [0.05, 0.1) is 7.11 Å². The van der Waals surface area contributed by atoms with Crippen LogP contribution in [0.1, 0.15) is 33.4 Å². The van der Waals surface area contributed by atoms with Crippen LogP contribution in [-0.2, 0) is 11.3 Å². The van der Waals surface area contributed by atoms with Crippen molar-refractivity contribution in [2.75, 3.05) is 13.7 Å². The molecule has 0 aliphatic rings. The van der Waals surface area contributed by atoms with Crippen LogP contribution in [0.25, 0.3) is 4.96 Å². The lowest BCUT2D eigenvalue weighted by atomic mass is 10.2. The van der Waals surface area contributed by atoms with Crippen LogP contribution in [0.2, 0.25) is 0 Å². The Bertz CT molecular complexity index is 659. The summed E-state index contributed by atoms with van der Waals surface area (Å²) in [5, 5.41) is 8.09. The molecule has 1 atom stereocenters. The van der Waals surface area contributed by atoms with Gasteiger partial charge in [-0.05, 0) is 27.7 Å². The van der Waals surface area contributed by atoms with E-state index in [2.05, 4.69) is 15.6 Å². The largest absolute Gasteiger partial charge is 0.480 e. The van der Waals surface area contributed by atoms with Crippen LogP contribution in [0.3, 0.4) is 0 Å². The summed E-state index contributed by atoms with van der Waals surface area (Å²) in [6.45, 7) is 8.65. The summed E-state index contributed by atoms with van der Waals surface area (Å²) in [5.74, 6) is 0.622. The smallest absolute Gasteiger partial charge is 0.407 e. The number of amides is 1. The zero-order chi connectivity index (χ0) is 17.0. The van der Waals surface area contributed by atoms with Gasteiger partial charge in [-0.1, -0.05) is 0 Å². The molecule has 0 saturated carbocycles. The molecule has 0 aromatic carbocycles. The maximum atomic E-state index is 11.7. The lowest BCUT2D eigenvalue weighted by Gasteiger charge is -2.22. The van der Waals surface area contributed by atoms with E-state index < -0.39 is 11.7 Å². The number of thiazole rings is 1. The number of carbonyl (C=O) groups is 1. The molecular formula is C15H24N4O3S. The Hall–Kier alpha value is -1.80. The minimum absolute atomic E-state index is 0.0540. The molecular weight excluding hydrogens is 316 g/mol. The van der Waals surface area contributed by atoms with E-state index in [1.165, 1.54) is 0 Å². The highest BCUT2D eigenvalue weighted by atomic mass is 32.1. The Balaban J connectivity index is 1.84. The predicted octanol–water partition coefficient (Wildman–Crippen LogP) is 2.41. The van der Waals surface area contributed by atoms with Crippen molar-refractivity contribution in [3.63, 3.8) is 0 Å². The summed E-state index contributed by atoms with van der Waals surface area (Å²) < 4.78 is 12.5. The second-order valence-corrected chi connectivity index (χ2v) is 7.17. The minimum Gasteiger partial charge on any atom is -0.480 e. The lowest BCUT2D eigenvalue weighted by molar-refractivity contribution is 0.0508. The van der Waals surface area contributed by atoms with Crippen molar-refractivity contribution >= 4 is 22.4 Å². The fourth-order valence-corrected chi connectivity index (χ4v) is 2.83. The predicted molar refractivity (Wildman–Crippen MR) is 90.2 cm³/mol. The Labute approximate surface area is 140 Å². The van der Waals surface area contributed by atoms with Crippen molar-refractivity contribution in [3.05, 3.63) is 17.3 Å². The average Bonchev–Trinajstić information content (AvgIpc) is 2.97. The number of alkyl carbamates (subject to hydrolysis) is 1. The number of methoxy groups -OCH3 is 1. The van der Waals surface area contributed by atoms with Gasteiger partial charge in [-0.3, -0.25) is 4.40 Å². The van der Waals surface area contributed by atoms with E-state index >= 15 is 0 Å². The molecule has 2 aromatic heterocycles. The van der Waals surface area contributed by atoms with Crippen molar-refractivity contribution in [1.82, 2.24) is 20.0 Å². The van der Waals surface area contributed by atoms with Crippen LogP contribution in [0.5, 0.6) is 5.88 Å². The minimum atomic E-state index is -0.493. The van der Waals surface area contributed by atoms with Gasteiger partial charge in [0.1, 0.15) is 11.3 Å². The second-order valence-electron chi connectivity index (χ2n) is 6.30.